The van der Waals surface area contributed by atoms with Crippen molar-refractivity contribution in [2.45, 2.75) is 19.9 Å². The van der Waals surface area contributed by atoms with Gasteiger partial charge in [0.1, 0.15) is 0 Å². The van der Waals surface area contributed by atoms with Crippen LogP contribution >= 0.6 is 0 Å². The van der Waals surface area contributed by atoms with E-state index in [1.807, 2.05) is 0 Å². The van der Waals surface area contributed by atoms with Crippen LogP contribution in [0.15, 0.2) is 18.2 Å². The number of carbonyl (C=O) groups is 1. The fourth-order valence-electron chi connectivity index (χ4n) is 2.77. The normalized spacial score (nSPS) is 20.9. The van der Waals surface area contributed by atoms with Crippen molar-refractivity contribution in [3.8, 4) is 0 Å². The zero-order valence-electron chi connectivity index (χ0n) is 11.1. The van der Waals surface area contributed by atoms with Gasteiger partial charge in [-0.25, -0.2) is 0 Å². The van der Waals surface area contributed by atoms with Crippen molar-refractivity contribution >= 4 is 5.91 Å². The summed E-state index contributed by atoms with van der Waals surface area (Å²) in [6.45, 7) is 7.23. The van der Waals surface area contributed by atoms with Crippen LogP contribution in [0.2, 0.25) is 0 Å². The van der Waals surface area contributed by atoms with Gasteiger partial charge in [0, 0.05) is 25.7 Å². The molecule has 1 heterocycles. The van der Waals surface area contributed by atoms with Crippen LogP contribution in [0.25, 0.3) is 0 Å². The minimum Gasteiger partial charge on any atom is -0.369 e. The van der Waals surface area contributed by atoms with Crippen LogP contribution in [0.3, 0.4) is 0 Å². The Bertz CT molecular complexity index is 424. The van der Waals surface area contributed by atoms with E-state index < -0.39 is 0 Å². The molecule has 1 fully saturated rings. The lowest BCUT2D eigenvalue weighted by Crippen LogP contribution is -2.49. The second kappa shape index (κ2) is 5.50. The fraction of sp³-hybridized carbons (Fsp3) is 0.500. The molecule has 4 heteroatoms. The first-order valence-corrected chi connectivity index (χ1v) is 6.39. The Morgan fingerprint density at radius 3 is 2.72 bits per heavy atom. The van der Waals surface area contributed by atoms with Crippen LogP contribution in [0, 0.1) is 13.8 Å². The zero-order valence-corrected chi connectivity index (χ0v) is 11.1. The van der Waals surface area contributed by atoms with Crippen molar-refractivity contribution < 1.29 is 4.79 Å². The topological polar surface area (TPSA) is 58.4 Å². The molecule has 18 heavy (non-hydrogen) atoms. The molecule has 1 saturated heterocycles. The summed E-state index contributed by atoms with van der Waals surface area (Å²) >= 11 is 0. The molecule has 1 amide bonds. The van der Waals surface area contributed by atoms with Gasteiger partial charge in [-0.1, -0.05) is 18.2 Å². The fourth-order valence-corrected chi connectivity index (χ4v) is 2.77. The van der Waals surface area contributed by atoms with Crippen LogP contribution in [-0.4, -0.2) is 37.0 Å². The van der Waals surface area contributed by atoms with Crippen molar-refractivity contribution in [2.24, 2.45) is 5.73 Å². The molecule has 98 valence electrons. The number of amides is 1. The molecule has 0 bridgehead atoms. The number of hydrogen-bond acceptors (Lipinski definition) is 3. The highest BCUT2D eigenvalue weighted by molar-refractivity contribution is 5.76. The van der Waals surface area contributed by atoms with Crippen molar-refractivity contribution in [1.29, 1.82) is 0 Å². The van der Waals surface area contributed by atoms with E-state index in [0.717, 1.165) is 19.6 Å². The maximum absolute atomic E-state index is 11.2. The molecule has 1 aliphatic rings. The Labute approximate surface area is 108 Å². The molecule has 0 saturated carbocycles. The lowest BCUT2D eigenvalue weighted by molar-refractivity contribution is -0.119. The third-order valence-corrected chi connectivity index (χ3v) is 3.59. The summed E-state index contributed by atoms with van der Waals surface area (Å²) in [5, 5.41) is 3.40. The van der Waals surface area contributed by atoms with Crippen molar-refractivity contribution in [1.82, 2.24) is 10.2 Å². The van der Waals surface area contributed by atoms with Gasteiger partial charge in [-0.3, -0.25) is 9.69 Å². The summed E-state index contributed by atoms with van der Waals surface area (Å²) in [6, 6.07) is 6.56. The lowest BCUT2D eigenvalue weighted by Gasteiger charge is -2.37. The number of primary amides is 1. The quantitative estimate of drug-likeness (QED) is 0.828. The van der Waals surface area contributed by atoms with E-state index in [0.29, 0.717) is 6.54 Å². The first-order valence-electron chi connectivity index (χ1n) is 6.39. The largest absolute Gasteiger partial charge is 0.369 e. The van der Waals surface area contributed by atoms with Gasteiger partial charge in [0.2, 0.25) is 5.91 Å². The van der Waals surface area contributed by atoms with Gasteiger partial charge in [0.05, 0.1) is 6.54 Å². The molecule has 1 aromatic rings. The van der Waals surface area contributed by atoms with Gasteiger partial charge in [-0.05, 0) is 30.5 Å². The molecule has 0 aliphatic carbocycles. The molecular weight excluding hydrogens is 226 g/mol. The van der Waals surface area contributed by atoms with Crippen LogP contribution < -0.4 is 11.1 Å². The van der Waals surface area contributed by atoms with E-state index in [9.17, 15) is 4.79 Å². The molecule has 2 rings (SSSR count). The Morgan fingerprint density at radius 2 is 2.11 bits per heavy atom. The molecule has 0 aromatic heterocycles. The first kappa shape index (κ1) is 13.1. The summed E-state index contributed by atoms with van der Waals surface area (Å²) in [5.41, 5.74) is 9.22. The predicted octanol–water partition coefficient (Wildman–Crippen LogP) is 0.735. The standard InChI is InChI=1S/C14H21N3O/c1-10-4-3-5-11(2)14(10)12-8-16-6-7-17(12)9-13(15)18/h3-5,12,16H,6-9H2,1-2H3,(H2,15,18). The van der Waals surface area contributed by atoms with Gasteiger partial charge in [-0.15, -0.1) is 0 Å². The molecule has 1 aliphatic heterocycles. The third-order valence-electron chi connectivity index (χ3n) is 3.59. The van der Waals surface area contributed by atoms with Crippen molar-refractivity contribution in [3.05, 3.63) is 34.9 Å². The maximum atomic E-state index is 11.2. The highest BCUT2D eigenvalue weighted by Crippen LogP contribution is 2.27. The number of carbonyl (C=O) groups excluding carboxylic acids is 1. The van der Waals surface area contributed by atoms with Crippen LogP contribution in [0.1, 0.15) is 22.7 Å². The highest BCUT2D eigenvalue weighted by atomic mass is 16.1. The third kappa shape index (κ3) is 2.71. The number of benzene rings is 1. The molecular formula is C14H21N3O. The maximum Gasteiger partial charge on any atom is 0.231 e. The van der Waals surface area contributed by atoms with E-state index in [-0.39, 0.29) is 11.9 Å². The van der Waals surface area contributed by atoms with Gasteiger partial charge >= 0.3 is 0 Å². The molecule has 0 spiro atoms. The number of nitrogens with one attached hydrogen (secondary N) is 1. The van der Waals surface area contributed by atoms with Gasteiger partial charge in [0.25, 0.3) is 0 Å². The number of rotatable bonds is 3. The molecule has 0 radical (unpaired) electrons. The van der Waals surface area contributed by atoms with Crippen LogP contribution in [0.5, 0.6) is 0 Å². The number of hydrogen-bond donors (Lipinski definition) is 2. The summed E-state index contributed by atoms with van der Waals surface area (Å²) < 4.78 is 0. The van der Waals surface area contributed by atoms with Crippen molar-refractivity contribution in [2.75, 3.05) is 26.2 Å². The number of aryl methyl sites for hydroxylation is 2. The second-order valence-corrected chi connectivity index (χ2v) is 4.96. The van der Waals surface area contributed by atoms with Crippen molar-refractivity contribution in [3.63, 3.8) is 0 Å². The van der Waals surface area contributed by atoms with E-state index in [1.165, 1.54) is 16.7 Å². The lowest BCUT2D eigenvalue weighted by atomic mass is 9.94. The minimum absolute atomic E-state index is 0.243. The monoisotopic (exact) mass is 247 g/mol. The van der Waals surface area contributed by atoms with E-state index in [1.54, 1.807) is 0 Å². The molecule has 1 aromatic carbocycles. The summed E-state index contributed by atoms with van der Waals surface area (Å²) in [4.78, 5) is 13.3. The number of piperazine rings is 1. The van der Waals surface area contributed by atoms with Gasteiger partial charge in [0.15, 0.2) is 0 Å². The Morgan fingerprint density at radius 1 is 1.44 bits per heavy atom. The number of nitrogens with zero attached hydrogens (tertiary/aromatic N) is 1. The molecule has 1 atom stereocenters. The summed E-state index contributed by atoms with van der Waals surface area (Å²) in [6.07, 6.45) is 0. The number of nitrogens with two attached hydrogens (primary N) is 1. The van der Waals surface area contributed by atoms with E-state index >= 15 is 0 Å². The van der Waals surface area contributed by atoms with E-state index in [4.69, 9.17) is 5.73 Å². The Kier molecular flexibility index (Phi) is 3.99. The average Bonchev–Trinajstić information content (AvgIpc) is 2.30. The minimum atomic E-state index is -0.256. The molecule has 4 nitrogen and oxygen atoms in total. The van der Waals surface area contributed by atoms with Crippen LogP contribution in [0.4, 0.5) is 0 Å². The predicted molar refractivity (Wildman–Crippen MR) is 72.3 cm³/mol. The first-order chi connectivity index (χ1) is 8.59. The SMILES string of the molecule is Cc1cccc(C)c1C1CNCCN1CC(N)=O. The van der Waals surface area contributed by atoms with E-state index in [2.05, 4.69) is 42.3 Å². The van der Waals surface area contributed by atoms with Crippen LogP contribution in [-0.2, 0) is 4.79 Å². The average molecular weight is 247 g/mol. The Balaban J connectivity index is 2.30. The second-order valence-electron chi connectivity index (χ2n) is 4.96. The zero-order chi connectivity index (χ0) is 13.1. The molecule has 3 N–H and O–H groups in total. The van der Waals surface area contributed by atoms with Gasteiger partial charge < -0.3 is 11.1 Å². The molecule has 1 unspecified atom stereocenters. The van der Waals surface area contributed by atoms with Gasteiger partial charge in [-0.2, -0.15) is 0 Å². The highest BCUT2D eigenvalue weighted by Gasteiger charge is 2.26. The summed E-state index contributed by atoms with van der Waals surface area (Å²) in [7, 11) is 0. The summed E-state index contributed by atoms with van der Waals surface area (Å²) in [5.74, 6) is -0.256. The smallest absolute Gasteiger partial charge is 0.231 e. The Hall–Kier alpha value is -1.39.